The second-order valence-corrected chi connectivity index (χ2v) is 7.54. The fraction of sp³-hybridized carbons (Fsp3) is 0.526. The molecule has 0 atom stereocenters. The molecule has 3 heterocycles. The van der Waals surface area contributed by atoms with Crippen LogP contribution in [0.2, 0.25) is 0 Å². The fourth-order valence-electron chi connectivity index (χ4n) is 3.52. The van der Waals surface area contributed by atoms with Crippen LogP contribution in [0.1, 0.15) is 38.6 Å². The average Bonchev–Trinajstić information content (AvgIpc) is 3.13. The predicted octanol–water partition coefficient (Wildman–Crippen LogP) is 3.44. The van der Waals surface area contributed by atoms with Crippen LogP contribution in [0.5, 0.6) is 0 Å². The highest BCUT2D eigenvalue weighted by molar-refractivity contribution is 7.10. The number of fused-ring (bicyclic) bond motifs is 1. The number of carbonyl (C=O) groups is 1. The van der Waals surface area contributed by atoms with E-state index in [1.165, 1.54) is 10.4 Å². The maximum absolute atomic E-state index is 12.8. The Balaban J connectivity index is 1.66. The zero-order chi connectivity index (χ0) is 17.1. The third kappa shape index (κ3) is 3.63. The summed E-state index contributed by atoms with van der Waals surface area (Å²) in [4.78, 5) is 16.6. The van der Waals surface area contributed by atoms with Crippen LogP contribution in [-0.2, 0) is 24.2 Å². The molecule has 130 valence electrons. The molecule has 0 radical (unpaired) electrons. The van der Waals surface area contributed by atoms with Crippen molar-refractivity contribution in [3.8, 4) is 0 Å². The van der Waals surface area contributed by atoms with E-state index in [1.807, 2.05) is 17.4 Å². The number of carbonyl (C=O) groups excluding carboxylic acids is 1. The second-order valence-electron chi connectivity index (χ2n) is 6.54. The molecule has 0 amide bonds. The number of ether oxygens (including phenoxy) is 1. The number of ketones is 1. The first kappa shape index (κ1) is 17.4. The van der Waals surface area contributed by atoms with Gasteiger partial charge in [0.15, 0.2) is 5.78 Å². The number of rotatable bonds is 7. The molecule has 5 heteroatoms. The lowest BCUT2D eigenvalue weighted by molar-refractivity contribution is 0.0921. The molecule has 2 aromatic heterocycles. The molecule has 2 aromatic rings. The van der Waals surface area contributed by atoms with Crippen LogP contribution in [0.25, 0.3) is 0 Å². The van der Waals surface area contributed by atoms with Crippen molar-refractivity contribution in [2.45, 2.75) is 39.8 Å². The van der Waals surface area contributed by atoms with Crippen molar-refractivity contribution in [2.75, 3.05) is 26.8 Å². The number of Topliss-reactive ketones (excluding diaryl/α,β-unsaturated/α-hetero) is 1. The van der Waals surface area contributed by atoms with Crippen molar-refractivity contribution in [3.63, 3.8) is 0 Å². The van der Waals surface area contributed by atoms with Gasteiger partial charge in [0, 0.05) is 55.2 Å². The van der Waals surface area contributed by atoms with Gasteiger partial charge >= 0.3 is 0 Å². The third-order valence-electron chi connectivity index (χ3n) is 4.86. The summed E-state index contributed by atoms with van der Waals surface area (Å²) in [5.41, 5.74) is 4.51. The van der Waals surface area contributed by atoms with Gasteiger partial charge in [-0.15, -0.1) is 11.3 Å². The highest BCUT2D eigenvalue weighted by atomic mass is 32.1. The quantitative estimate of drug-likeness (QED) is 0.569. The Labute approximate surface area is 148 Å². The molecule has 3 rings (SSSR count). The Bertz CT molecular complexity index is 717. The van der Waals surface area contributed by atoms with Crippen LogP contribution in [-0.4, -0.2) is 42.1 Å². The van der Waals surface area contributed by atoms with E-state index in [-0.39, 0.29) is 5.78 Å². The molecule has 24 heavy (non-hydrogen) atoms. The normalized spacial score (nSPS) is 14.8. The molecule has 0 unspecified atom stereocenters. The largest absolute Gasteiger partial charge is 0.385 e. The highest BCUT2D eigenvalue weighted by Gasteiger charge is 2.22. The molecular formula is C19H26N2O2S. The van der Waals surface area contributed by atoms with Crippen LogP contribution in [0.3, 0.4) is 0 Å². The number of aryl methyl sites for hydroxylation is 1. The number of aromatic nitrogens is 1. The molecule has 0 spiro atoms. The summed E-state index contributed by atoms with van der Waals surface area (Å²) < 4.78 is 7.37. The van der Waals surface area contributed by atoms with Crippen molar-refractivity contribution < 1.29 is 9.53 Å². The van der Waals surface area contributed by atoms with Gasteiger partial charge in [0.1, 0.15) is 0 Å². The van der Waals surface area contributed by atoms with E-state index in [0.29, 0.717) is 6.54 Å². The number of hydrogen-bond donors (Lipinski definition) is 0. The van der Waals surface area contributed by atoms with Gasteiger partial charge in [0.05, 0.1) is 6.54 Å². The standard InChI is InChI=1S/C19H26N2O2S/c1-14-11-17(15(2)21(14)7-4-9-23-3)18(22)13-20-8-5-19-16(12-20)6-10-24-19/h6,10-11H,4-5,7-9,12-13H2,1-3H3. The molecule has 1 aliphatic heterocycles. The van der Waals surface area contributed by atoms with Gasteiger partial charge in [-0.3, -0.25) is 9.69 Å². The van der Waals surface area contributed by atoms with Gasteiger partial charge in [-0.25, -0.2) is 0 Å². The van der Waals surface area contributed by atoms with E-state index in [2.05, 4.69) is 34.8 Å². The molecule has 0 fully saturated rings. The van der Waals surface area contributed by atoms with E-state index >= 15 is 0 Å². The molecule has 0 saturated carbocycles. The van der Waals surface area contributed by atoms with Crippen LogP contribution in [0.15, 0.2) is 17.5 Å². The minimum absolute atomic E-state index is 0.236. The lowest BCUT2D eigenvalue weighted by atomic mass is 10.1. The molecular weight excluding hydrogens is 320 g/mol. The first-order valence-electron chi connectivity index (χ1n) is 8.56. The van der Waals surface area contributed by atoms with Crippen molar-refractivity contribution in [2.24, 2.45) is 0 Å². The minimum Gasteiger partial charge on any atom is -0.385 e. The van der Waals surface area contributed by atoms with Crippen molar-refractivity contribution >= 4 is 17.1 Å². The van der Waals surface area contributed by atoms with Gasteiger partial charge in [0.2, 0.25) is 0 Å². The fourth-order valence-corrected chi connectivity index (χ4v) is 4.41. The number of methoxy groups -OCH3 is 1. The molecule has 0 aromatic carbocycles. The van der Waals surface area contributed by atoms with Crippen LogP contribution in [0.4, 0.5) is 0 Å². The lowest BCUT2D eigenvalue weighted by Gasteiger charge is -2.26. The molecule has 0 bridgehead atoms. The summed E-state index contributed by atoms with van der Waals surface area (Å²) in [6.45, 7) is 8.17. The van der Waals surface area contributed by atoms with E-state index in [1.54, 1.807) is 7.11 Å². The summed E-state index contributed by atoms with van der Waals surface area (Å²) >= 11 is 1.83. The average molecular weight is 346 g/mol. The Kier molecular flexibility index (Phi) is 5.54. The minimum atomic E-state index is 0.236. The van der Waals surface area contributed by atoms with Crippen LogP contribution >= 0.6 is 11.3 Å². The van der Waals surface area contributed by atoms with Crippen LogP contribution < -0.4 is 0 Å². The van der Waals surface area contributed by atoms with Gasteiger partial charge in [-0.05, 0) is 49.8 Å². The number of thiophene rings is 1. The molecule has 0 saturated heterocycles. The van der Waals surface area contributed by atoms with Crippen LogP contribution in [0, 0.1) is 13.8 Å². The number of nitrogens with zero attached hydrogens (tertiary/aromatic N) is 2. The van der Waals surface area contributed by atoms with E-state index in [0.717, 1.165) is 56.0 Å². The van der Waals surface area contributed by atoms with E-state index in [9.17, 15) is 4.79 Å². The Morgan fingerprint density at radius 3 is 3.00 bits per heavy atom. The zero-order valence-electron chi connectivity index (χ0n) is 14.8. The van der Waals surface area contributed by atoms with Gasteiger partial charge in [0.25, 0.3) is 0 Å². The van der Waals surface area contributed by atoms with Gasteiger partial charge in [-0.1, -0.05) is 0 Å². The van der Waals surface area contributed by atoms with Crippen molar-refractivity contribution in [3.05, 3.63) is 44.9 Å². The van der Waals surface area contributed by atoms with Gasteiger partial charge in [-0.2, -0.15) is 0 Å². The summed E-state index contributed by atoms with van der Waals surface area (Å²) in [7, 11) is 1.72. The SMILES string of the molecule is COCCCn1c(C)cc(C(=O)CN2CCc3sccc3C2)c1C. The second kappa shape index (κ2) is 7.64. The van der Waals surface area contributed by atoms with E-state index in [4.69, 9.17) is 4.74 Å². The van der Waals surface area contributed by atoms with Crippen molar-refractivity contribution in [1.82, 2.24) is 9.47 Å². The zero-order valence-corrected chi connectivity index (χ0v) is 15.6. The predicted molar refractivity (Wildman–Crippen MR) is 98.0 cm³/mol. The van der Waals surface area contributed by atoms with Crippen molar-refractivity contribution in [1.29, 1.82) is 0 Å². The smallest absolute Gasteiger partial charge is 0.178 e. The Morgan fingerprint density at radius 2 is 2.21 bits per heavy atom. The molecule has 0 aliphatic carbocycles. The first-order valence-corrected chi connectivity index (χ1v) is 9.44. The molecule has 0 N–H and O–H groups in total. The molecule has 1 aliphatic rings. The summed E-state index contributed by atoms with van der Waals surface area (Å²) in [5.74, 6) is 0.236. The Morgan fingerprint density at radius 1 is 1.38 bits per heavy atom. The summed E-state index contributed by atoms with van der Waals surface area (Å²) in [5, 5.41) is 2.16. The maximum atomic E-state index is 12.8. The first-order chi connectivity index (χ1) is 11.6. The highest BCUT2D eigenvalue weighted by Crippen LogP contribution is 2.24. The number of hydrogen-bond acceptors (Lipinski definition) is 4. The van der Waals surface area contributed by atoms with E-state index < -0.39 is 0 Å². The lowest BCUT2D eigenvalue weighted by Crippen LogP contribution is -2.34. The molecule has 4 nitrogen and oxygen atoms in total. The maximum Gasteiger partial charge on any atom is 0.178 e. The van der Waals surface area contributed by atoms with Gasteiger partial charge < -0.3 is 9.30 Å². The Hall–Kier alpha value is -1.43. The third-order valence-corrected chi connectivity index (χ3v) is 5.88. The summed E-state index contributed by atoms with van der Waals surface area (Å²) in [6.07, 6.45) is 2.03. The monoisotopic (exact) mass is 346 g/mol. The summed E-state index contributed by atoms with van der Waals surface area (Å²) in [6, 6.07) is 4.24. The topological polar surface area (TPSA) is 34.5 Å².